The van der Waals surface area contributed by atoms with Crippen LogP contribution in [-0.2, 0) is 0 Å². The van der Waals surface area contributed by atoms with Gasteiger partial charge in [0.2, 0.25) is 0 Å². The molecular weight excluding hydrogens is 345 g/mol. The number of rotatable bonds is 0. The van der Waals surface area contributed by atoms with E-state index in [1.165, 1.54) is 0 Å². The van der Waals surface area contributed by atoms with E-state index in [9.17, 15) is 0 Å². The van der Waals surface area contributed by atoms with E-state index in [0.29, 0.717) is 0 Å². The molecule has 6 heteroatoms. The summed E-state index contributed by atoms with van der Waals surface area (Å²) in [6, 6.07) is 16.4. The maximum atomic E-state index is 4.62. The molecule has 0 fully saturated rings. The minimum atomic E-state index is 0. The van der Waals surface area contributed by atoms with Gasteiger partial charge in [-0.15, -0.1) is 0 Å². The van der Waals surface area contributed by atoms with Gasteiger partial charge >= 0.3 is 46.1 Å². The summed E-state index contributed by atoms with van der Waals surface area (Å²) in [6.07, 6.45) is 8.05. The molecule has 0 saturated heterocycles. The molecule has 8 bridgehead atoms. The van der Waals surface area contributed by atoms with Crippen molar-refractivity contribution < 1.29 is 5.71 Å². The molecule has 5 rings (SSSR count). The Balaban J connectivity index is 0. The molecule has 0 atom stereocenters. The van der Waals surface area contributed by atoms with E-state index in [1.807, 2.05) is 42.5 Å². The molecule has 122 valence electrons. The molecule has 0 saturated carbocycles. The van der Waals surface area contributed by atoms with Gasteiger partial charge in [0.1, 0.15) is 0 Å². The average Bonchev–Trinajstić information content (AvgIpc) is 3.32. The van der Waals surface area contributed by atoms with Gasteiger partial charge in [-0.3, -0.25) is 0 Å². The molecule has 0 aromatic carbocycles. The van der Waals surface area contributed by atoms with Gasteiger partial charge in [-0.05, 0) is 72.8 Å². The van der Waals surface area contributed by atoms with Crippen LogP contribution >= 0.6 is 0 Å². The number of nitrogens with zero attached hydrogens (tertiary/aromatic N) is 2. The van der Waals surface area contributed by atoms with Crippen LogP contribution in [0.3, 0.4) is 0 Å². The zero-order valence-corrected chi connectivity index (χ0v) is 17.1. The maximum Gasteiger partial charge on any atom is 2.00 e. The van der Waals surface area contributed by atoms with Gasteiger partial charge in [-0.2, -0.15) is 0 Å². The van der Waals surface area contributed by atoms with Gasteiger partial charge in [0, 0.05) is 22.1 Å². The fraction of sp³-hybridized carbons (Fsp3) is 0. The summed E-state index contributed by atoms with van der Waals surface area (Å²) in [6.45, 7) is 0. The molecule has 0 aliphatic carbocycles. The summed E-state index contributed by atoms with van der Waals surface area (Å²) >= 11 is 0. The van der Waals surface area contributed by atoms with Gasteiger partial charge in [0.05, 0.1) is 22.8 Å². The van der Waals surface area contributed by atoms with Crippen LogP contribution in [0.1, 0.15) is 28.5 Å². The molecule has 0 radical (unpaired) electrons. The first-order valence-electron chi connectivity index (χ1n) is 7.85. The quantitative estimate of drug-likeness (QED) is 0.402. The Labute approximate surface area is 188 Å². The number of hydrogen-bond acceptors (Lipinski definition) is 2. The van der Waals surface area contributed by atoms with Crippen LogP contribution in [0.25, 0.3) is 46.4 Å². The second-order valence-electron chi connectivity index (χ2n) is 5.91. The van der Waals surface area contributed by atoms with E-state index in [0.717, 1.165) is 44.8 Å². The SMILES string of the molecule is C1=Cc2cc3ccc(cc4ccc(cc5nc(cc1n2)C=C5)[nH]4)[nH]3.[H-].[H-].[H-].[H-].[Mg+2].[Mg+2]. The normalized spacial score (nSPS) is 11.7. The topological polar surface area (TPSA) is 57.4 Å². The number of hydrogen-bond donors (Lipinski definition) is 2. The second kappa shape index (κ2) is 7.79. The number of H-pyrrole nitrogens is 2. The molecule has 2 aliphatic rings. The van der Waals surface area contributed by atoms with E-state index in [4.69, 9.17) is 0 Å². The van der Waals surface area contributed by atoms with Gasteiger partial charge in [-0.25, -0.2) is 9.97 Å². The zero-order chi connectivity index (χ0) is 15.9. The standard InChI is InChI=1S/C20H14N4.2Mg.4H/c1-2-14-10-16-5-6-18(23-16)12-20-8-7-19(24-20)11-17-4-3-15(22-17)9-13(1)21-14;;;;;;/h1-12,21-22H;;;;;;/q;2*+2;4*-1. The van der Waals surface area contributed by atoms with Crippen molar-refractivity contribution in [3.63, 3.8) is 0 Å². The predicted molar refractivity (Wildman–Crippen MR) is 115 cm³/mol. The number of fused-ring (bicyclic) bond motifs is 8. The van der Waals surface area contributed by atoms with Crippen LogP contribution < -0.4 is 0 Å². The summed E-state index contributed by atoms with van der Waals surface area (Å²) in [5.41, 5.74) is 7.86. The first-order chi connectivity index (χ1) is 11.8. The number of nitrogens with one attached hydrogen (secondary N) is 2. The fourth-order valence-electron chi connectivity index (χ4n) is 2.94. The molecule has 2 N–H and O–H groups in total. The van der Waals surface area contributed by atoms with Crippen molar-refractivity contribution >= 4 is 92.5 Å². The van der Waals surface area contributed by atoms with Crippen molar-refractivity contribution in [2.45, 2.75) is 0 Å². The van der Waals surface area contributed by atoms with Crippen LogP contribution in [0.15, 0.2) is 48.5 Å². The van der Waals surface area contributed by atoms with Crippen molar-refractivity contribution in [3.05, 3.63) is 71.3 Å². The monoisotopic (exact) mass is 362 g/mol. The van der Waals surface area contributed by atoms with Crippen LogP contribution in [0.2, 0.25) is 0 Å². The van der Waals surface area contributed by atoms with E-state index in [-0.39, 0.29) is 51.8 Å². The van der Waals surface area contributed by atoms with Gasteiger partial charge in [0.15, 0.2) is 0 Å². The smallest absolute Gasteiger partial charge is 1.00 e. The fourth-order valence-corrected chi connectivity index (χ4v) is 2.94. The number of aromatic amines is 2. The Morgan fingerprint density at radius 3 is 1.27 bits per heavy atom. The Morgan fingerprint density at radius 1 is 0.500 bits per heavy atom. The average molecular weight is 363 g/mol. The van der Waals surface area contributed by atoms with Crippen molar-refractivity contribution in [1.82, 2.24) is 19.9 Å². The number of aromatic nitrogens is 4. The summed E-state index contributed by atoms with van der Waals surface area (Å²) < 4.78 is 0. The molecule has 2 aliphatic heterocycles. The van der Waals surface area contributed by atoms with E-state index in [2.05, 4.69) is 50.3 Å². The summed E-state index contributed by atoms with van der Waals surface area (Å²) in [7, 11) is 0. The first kappa shape index (κ1) is 18.9. The summed E-state index contributed by atoms with van der Waals surface area (Å²) in [4.78, 5) is 16.0. The summed E-state index contributed by atoms with van der Waals surface area (Å²) in [5, 5.41) is 0. The molecule has 0 spiro atoms. The van der Waals surface area contributed by atoms with Crippen molar-refractivity contribution in [2.24, 2.45) is 0 Å². The third-order valence-electron chi connectivity index (χ3n) is 4.04. The van der Waals surface area contributed by atoms with Crippen LogP contribution in [0.5, 0.6) is 0 Å². The van der Waals surface area contributed by atoms with Crippen molar-refractivity contribution in [2.75, 3.05) is 0 Å². The third-order valence-corrected chi connectivity index (χ3v) is 4.04. The van der Waals surface area contributed by atoms with Crippen molar-refractivity contribution in [1.29, 1.82) is 0 Å². The third kappa shape index (κ3) is 3.93. The molecule has 3 aromatic heterocycles. The molecule has 5 heterocycles. The minimum Gasteiger partial charge on any atom is -1.00 e. The van der Waals surface area contributed by atoms with E-state index < -0.39 is 0 Å². The molecule has 4 nitrogen and oxygen atoms in total. The van der Waals surface area contributed by atoms with Crippen LogP contribution in [0.4, 0.5) is 0 Å². The Hall–Kier alpha value is -1.87. The first-order valence-corrected chi connectivity index (χ1v) is 7.85. The van der Waals surface area contributed by atoms with Gasteiger partial charge in [0.25, 0.3) is 0 Å². The molecule has 26 heavy (non-hydrogen) atoms. The van der Waals surface area contributed by atoms with Crippen LogP contribution in [-0.4, -0.2) is 66.0 Å². The Kier molecular flexibility index (Phi) is 5.67. The van der Waals surface area contributed by atoms with Crippen molar-refractivity contribution in [3.8, 4) is 0 Å². The predicted octanol–water partition coefficient (Wildman–Crippen LogP) is 4.34. The molecular formula is C20H18Mg2N4. The Morgan fingerprint density at radius 2 is 0.846 bits per heavy atom. The van der Waals surface area contributed by atoms with Gasteiger partial charge in [-0.1, -0.05) is 0 Å². The Bertz CT molecular complexity index is 1100. The molecule has 0 amide bonds. The largest absolute Gasteiger partial charge is 2.00 e. The van der Waals surface area contributed by atoms with E-state index in [1.54, 1.807) is 0 Å². The summed E-state index contributed by atoms with van der Waals surface area (Å²) in [5.74, 6) is 0. The zero-order valence-electron chi connectivity index (χ0n) is 18.2. The second-order valence-corrected chi connectivity index (χ2v) is 5.91. The molecule has 0 unspecified atom stereocenters. The van der Waals surface area contributed by atoms with Crippen LogP contribution in [0, 0.1) is 0 Å². The van der Waals surface area contributed by atoms with Gasteiger partial charge < -0.3 is 15.7 Å². The minimum absolute atomic E-state index is 0. The maximum absolute atomic E-state index is 4.62. The van der Waals surface area contributed by atoms with E-state index >= 15 is 0 Å². The molecule has 3 aromatic rings.